The molecule has 0 bridgehead atoms. The van der Waals surface area contributed by atoms with Crippen molar-refractivity contribution in [1.29, 1.82) is 0 Å². The van der Waals surface area contributed by atoms with E-state index in [4.69, 9.17) is 11.6 Å². The van der Waals surface area contributed by atoms with Crippen LogP contribution in [0.3, 0.4) is 0 Å². The van der Waals surface area contributed by atoms with E-state index in [2.05, 4.69) is 0 Å². The molecule has 1 saturated heterocycles. The summed E-state index contributed by atoms with van der Waals surface area (Å²) < 4.78 is 54.3. The van der Waals surface area contributed by atoms with Crippen LogP contribution in [-0.2, 0) is 10.0 Å². The lowest BCUT2D eigenvalue weighted by Gasteiger charge is -2.35. The Hall–Kier alpha value is -1.50. The normalized spacial score (nSPS) is 19.4. The maximum absolute atomic E-state index is 13.6. The van der Waals surface area contributed by atoms with Gasteiger partial charge in [-0.15, -0.1) is 0 Å². The predicted molar refractivity (Wildman–Crippen MR) is 88.3 cm³/mol. The van der Waals surface area contributed by atoms with Crippen LogP contribution < -0.4 is 0 Å². The molecule has 1 heterocycles. The third-order valence-electron chi connectivity index (χ3n) is 4.14. The molecule has 3 nitrogen and oxygen atoms in total. The van der Waals surface area contributed by atoms with Crippen LogP contribution in [0, 0.1) is 11.6 Å². The summed E-state index contributed by atoms with van der Waals surface area (Å²) in [7, 11) is -3.77. The number of hydrogen-bond acceptors (Lipinski definition) is 2. The van der Waals surface area contributed by atoms with Gasteiger partial charge in [-0.2, -0.15) is 4.31 Å². The van der Waals surface area contributed by atoms with E-state index in [-0.39, 0.29) is 4.90 Å². The number of nitrogens with zero attached hydrogens (tertiary/aromatic N) is 1. The Morgan fingerprint density at radius 3 is 2.25 bits per heavy atom. The van der Waals surface area contributed by atoms with E-state index in [1.54, 1.807) is 0 Å². The number of rotatable bonds is 3. The monoisotopic (exact) mass is 371 g/mol. The van der Waals surface area contributed by atoms with E-state index < -0.39 is 27.7 Å². The Bertz CT molecular complexity index is 820. The molecule has 0 N–H and O–H groups in total. The summed E-state index contributed by atoms with van der Waals surface area (Å²) in [6, 6.07) is 8.50. The summed E-state index contributed by atoms with van der Waals surface area (Å²) >= 11 is 5.82. The average Bonchev–Trinajstić information content (AvgIpc) is 2.54. The highest BCUT2D eigenvalue weighted by Gasteiger charge is 2.34. The molecule has 0 aromatic heterocycles. The van der Waals surface area contributed by atoms with Crippen molar-refractivity contribution in [3.05, 3.63) is 64.7 Å². The lowest BCUT2D eigenvalue weighted by atomic mass is 9.97. The van der Waals surface area contributed by atoms with Gasteiger partial charge in [-0.3, -0.25) is 0 Å². The highest BCUT2D eigenvalue weighted by Crippen LogP contribution is 2.36. The van der Waals surface area contributed by atoms with Crippen molar-refractivity contribution in [2.45, 2.75) is 30.2 Å². The smallest absolute Gasteiger partial charge is 0.207 e. The quantitative estimate of drug-likeness (QED) is 0.794. The topological polar surface area (TPSA) is 37.4 Å². The average molecular weight is 372 g/mol. The standard InChI is InChI=1S/C17H16ClF2NO2S/c18-13-4-6-16(7-5-13)24(22,23)21-8-2-1-3-17(21)12-9-14(19)11-15(20)10-12/h4-7,9-11,17H,1-3,8H2/t17-/m0/s1. The zero-order chi connectivity index (χ0) is 17.3. The molecule has 2 aromatic carbocycles. The fraction of sp³-hybridized carbons (Fsp3) is 0.294. The van der Waals surface area contributed by atoms with Crippen LogP contribution in [0.5, 0.6) is 0 Å². The maximum atomic E-state index is 13.6. The largest absolute Gasteiger partial charge is 0.243 e. The number of piperidine rings is 1. The SMILES string of the molecule is O=S(=O)(c1ccc(Cl)cc1)N1CCCC[C@H]1c1cc(F)cc(F)c1. The third-order valence-corrected chi connectivity index (χ3v) is 6.32. The van der Waals surface area contributed by atoms with E-state index in [9.17, 15) is 17.2 Å². The molecule has 128 valence electrons. The Morgan fingerprint density at radius 1 is 1.00 bits per heavy atom. The van der Waals surface area contributed by atoms with Crippen LogP contribution >= 0.6 is 11.6 Å². The molecule has 0 amide bonds. The number of benzene rings is 2. The molecule has 7 heteroatoms. The molecule has 0 aliphatic carbocycles. The van der Waals surface area contributed by atoms with Crippen LogP contribution in [0.25, 0.3) is 0 Å². The van der Waals surface area contributed by atoms with E-state index in [1.165, 1.54) is 40.7 Å². The second kappa shape index (κ2) is 6.78. The lowest BCUT2D eigenvalue weighted by Crippen LogP contribution is -2.38. The van der Waals surface area contributed by atoms with Crippen molar-refractivity contribution in [2.24, 2.45) is 0 Å². The zero-order valence-corrected chi connectivity index (χ0v) is 14.3. The molecule has 24 heavy (non-hydrogen) atoms. The summed E-state index contributed by atoms with van der Waals surface area (Å²) in [6.07, 6.45) is 2.03. The Labute approximate surface area is 144 Å². The molecule has 0 unspecified atom stereocenters. The Kier molecular flexibility index (Phi) is 4.90. The molecule has 1 aliphatic rings. The van der Waals surface area contributed by atoms with Gasteiger partial charge in [-0.05, 0) is 54.8 Å². The molecule has 0 radical (unpaired) electrons. The minimum atomic E-state index is -3.77. The summed E-state index contributed by atoms with van der Waals surface area (Å²) in [5.41, 5.74) is 0.338. The molecule has 1 aliphatic heterocycles. The fourth-order valence-electron chi connectivity index (χ4n) is 3.04. The van der Waals surface area contributed by atoms with Crippen molar-refractivity contribution < 1.29 is 17.2 Å². The van der Waals surface area contributed by atoms with Gasteiger partial charge in [0, 0.05) is 17.6 Å². The first-order valence-corrected chi connectivity index (χ1v) is 9.43. The van der Waals surface area contributed by atoms with Crippen LogP contribution in [0.1, 0.15) is 30.9 Å². The van der Waals surface area contributed by atoms with E-state index in [0.717, 1.165) is 12.5 Å². The molecular formula is C17H16ClF2NO2S. The van der Waals surface area contributed by atoms with Gasteiger partial charge in [0.05, 0.1) is 10.9 Å². The first-order valence-electron chi connectivity index (χ1n) is 7.61. The minimum Gasteiger partial charge on any atom is -0.207 e. The predicted octanol–water partition coefficient (Wildman–Crippen LogP) is 4.53. The fourth-order valence-corrected chi connectivity index (χ4v) is 4.84. The molecular weight excluding hydrogens is 356 g/mol. The summed E-state index contributed by atoms with van der Waals surface area (Å²) in [6.45, 7) is 0.313. The van der Waals surface area contributed by atoms with Gasteiger partial charge in [0.15, 0.2) is 0 Å². The molecule has 0 saturated carbocycles. The summed E-state index contributed by atoms with van der Waals surface area (Å²) in [5.74, 6) is -1.42. The summed E-state index contributed by atoms with van der Waals surface area (Å²) in [4.78, 5) is 0.121. The molecule has 3 rings (SSSR count). The van der Waals surface area contributed by atoms with Gasteiger partial charge < -0.3 is 0 Å². The summed E-state index contributed by atoms with van der Waals surface area (Å²) in [5, 5.41) is 0.441. The van der Waals surface area contributed by atoms with Gasteiger partial charge in [0.2, 0.25) is 10.0 Å². The first kappa shape index (κ1) is 17.3. The van der Waals surface area contributed by atoms with E-state index >= 15 is 0 Å². The molecule has 0 spiro atoms. The number of hydrogen-bond donors (Lipinski definition) is 0. The van der Waals surface area contributed by atoms with Crippen LogP contribution in [0.4, 0.5) is 8.78 Å². The Balaban J connectivity index is 2.01. The van der Waals surface area contributed by atoms with Gasteiger partial charge in [0.25, 0.3) is 0 Å². The van der Waals surface area contributed by atoms with Crippen molar-refractivity contribution in [3.8, 4) is 0 Å². The van der Waals surface area contributed by atoms with Crippen molar-refractivity contribution >= 4 is 21.6 Å². The van der Waals surface area contributed by atoms with Crippen LogP contribution in [-0.4, -0.2) is 19.3 Å². The number of sulfonamides is 1. The van der Waals surface area contributed by atoms with Crippen LogP contribution in [0.2, 0.25) is 5.02 Å². The van der Waals surface area contributed by atoms with Crippen molar-refractivity contribution in [3.63, 3.8) is 0 Å². The maximum Gasteiger partial charge on any atom is 0.243 e. The van der Waals surface area contributed by atoms with E-state index in [0.29, 0.717) is 30.0 Å². The zero-order valence-electron chi connectivity index (χ0n) is 12.8. The second-order valence-corrected chi connectivity index (χ2v) is 8.11. The molecule has 1 atom stereocenters. The van der Waals surface area contributed by atoms with Crippen molar-refractivity contribution in [1.82, 2.24) is 4.31 Å². The lowest BCUT2D eigenvalue weighted by molar-refractivity contribution is 0.255. The highest BCUT2D eigenvalue weighted by atomic mass is 35.5. The van der Waals surface area contributed by atoms with Gasteiger partial charge in [-0.1, -0.05) is 18.0 Å². The van der Waals surface area contributed by atoms with Crippen LogP contribution in [0.15, 0.2) is 47.4 Å². The second-order valence-electron chi connectivity index (χ2n) is 5.78. The minimum absolute atomic E-state index is 0.121. The van der Waals surface area contributed by atoms with Gasteiger partial charge >= 0.3 is 0 Å². The third kappa shape index (κ3) is 3.45. The highest BCUT2D eigenvalue weighted by molar-refractivity contribution is 7.89. The first-order chi connectivity index (χ1) is 11.4. The molecule has 1 fully saturated rings. The number of halogens is 3. The van der Waals surface area contributed by atoms with E-state index in [1.807, 2.05) is 0 Å². The van der Waals surface area contributed by atoms with Gasteiger partial charge in [-0.25, -0.2) is 17.2 Å². The molecule has 2 aromatic rings. The Morgan fingerprint density at radius 2 is 1.62 bits per heavy atom. The van der Waals surface area contributed by atoms with Gasteiger partial charge in [0.1, 0.15) is 11.6 Å². The van der Waals surface area contributed by atoms with Crippen molar-refractivity contribution in [2.75, 3.05) is 6.54 Å².